The Labute approximate surface area is 216 Å². The van der Waals surface area contributed by atoms with Gasteiger partial charge in [0.15, 0.2) is 5.12 Å². The van der Waals surface area contributed by atoms with Crippen molar-refractivity contribution in [3.63, 3.8) is 0 Å². The van der Waals surface area contributed by atoms with E-state index in [2.05, 4.69) is 20.8 Å². The molecule has 35 heavy (non-hydrogen) atoms. The van der Waals surface area contributed by atoms with Gasteiger partial charge in [-0.15, -0.1) is 0 Å². The van der Waals surface area contributed by atoms with E-state index in [4.69, 9.17) is 9.47 Å². The van der Waals surface area contributed by atoms with Gasteiger partial charge in [-0.3, -0.25) is 14.4 Å². The van der Waals surface area contributed by atoms with E-state index in [9.17, 15) is 14.4 Å². The number of thioether (sulfide) groups is 1. The second-order valence-electron chi connectivity index (χ2n) is 12.5. The standard InChI is InChI=1S/C29H46O5S/c1-7-35-27(32)14-17(2)23-10-11-24-22-9-8-20-15-21(33-18(3)30)12-13-28(20,5)25(22)16-26(29(23,24)6)34-19(4)31/h17,20-26H,7-16H2,1-6H3/t17-,20-,21-,22-,23+,24-,25-,26+,28-,29+/m0/s1. The summed E-state index contributed by atoms with van der Waals surface area (Å²) >= 11 is 1.44. The quantitative estimate of drug-likeness (QED) is 0.387. The molecule has 4 aliphatic carbocycles. The first-order valence-electron chi connectivity index (χ1n) is 14.0. The fourth-order valence-electron chi connectivity index (χ4n) is 9.46. The van der Waals surface area contributed by atoms with Crippen LogP contribution in [0.2, 0.25) is 0 Å². The Balaban J connectivity index is 1.59. The zero-order chi connectivity index (χ0) is 25.5. The van der Waals surface area contributed by atoms with Crippen molar-refractivity contribution in [1.29, 1.82) is 0 Å². The molecule has 4 rings (SSSR count). The SMILES string of the molecule is CCSC(=O)C[C@H](C)[C@H]1CC[C@H]2[C@@H]3CC[C@H]4C[C@@H](OC(C)=O)CC[C@]4(C)[C@H]3C[C@@H](OC(C)=O)[C@]12C. The molecule has 0 aliphatic heterocycles. The molecule has 4 saturated carbocycles. The number of ether oxygens (including phenoxy) is 2. The molecule has 0 saturated heterocycles. The minimum Gasteiger partial charge on any atom is -0.463 e. The third-order valence-corrected chi connectivity index (χ3v) is 11.7. The third-order valence-electron chi connectivity index (χ3n) is 10.9. The zero-order valence-corrected chi connectivity index (χ0v) is 23.5. The highest BCUT2D eigenvalue weighted by Crippen LogP contribution is 2.69. The number of hydrogen-bond acceptors (Lipinski definition) is 6. The Kier molecular flexibility index (Phi) is 8.01. The molecule has 0 bridgehead atoms. The first-order chi connectivity index (χ1) is 16.5. The van der Waals surface area contributed by atoms with Gasteiger partial charge in [0, 0.05) is 25.7 Å². The van der Waals surface area contributed by atoms with Crippen LogP contribution in [0, 0.1) is 46.3 Å². The van der Waals surface area contributed by atoms with E-state index in [0.29, 0.717) is 47.0 Å². The van der Waals surface area contributed by atoms with E-state index in [1.165, 1.54) is 37.9 Å². The number of fused-ring (bicyclic) bond motifs is 5. The van der Waals surface area contributed by atoms with E-state index < -0.39 is 0 Å². The maximum atomic E-state index is 12.5. The minimum absolute atomic E-state index is 0.0514. The second-order valence-corrected chi connectivity index (χ2v) is 13.9. The van der Waals surface area contributed by atoms with Crippen LogP contribution in [0.1, 0.15) is 99.3 Å². The lowest BCUT2D eigenvalue weighted by molar-refractivity contribution is -0.197. The summed E-state index contributed by atoms with van der Waals surface area (Å²) in [5.41, 5.74) is 0.137. The molecule has 0 heterocycles. The second kappa shape index (κ2) is 10.4. The van der Waals surface area contributed by atoms with Crippen LogP contribution < -0.4 is 0 Å². The Morgan fingerprint density at radius 3 is 2.31 bits per heavy atom. The van der Waals surface area contributed by atoms with Crippen molar-refractivity contribution in [2.45, 2.75) is 112 Å². The molecular weight excluding hydrogens is 460 g/mol. The molecule has 0 aromatic carbocycles. The van der Waals surface area contributed by atoms with Crippen LogP contribution in [-0.2, 0) is 23.9 Å². The van der Waals surface area contributed by atoms with Gasteiger partial charge in [-0.05, 0) is 98.0 Å². The summed E-state index contributed by atoms with van der Waals surface area (Å²) < 4.78 is 11.8. The van der Waals surface area contributed by atoms with Gasteiger partial charge in [-0.25, -0.2) is 0 Å². The van der Waals surface area contributed by atoms with Crippen molar-refractivity contribution in [1.82, 2.24) is 0 Å². The highest BCUT2D eigenvalue weighted by atomic mass is 32.2. The van der Waals surface area contributed by atoms with Crippen LogP contribution in [-0.4, -0.2) is 35.0 Å². The lowest BCUT2D eigenvalue weighted by Crippen LogP contribution is -2.59. The van der Waals surface area contributed by atoms with Crippen molar-refractivity contribution < 1.29 is 23.9 Å². The topological polar surface area (TPSA) is 69.7 Å². The maximum Gasteiger partial charge on any atom is 0.302 e. The Hall–Kier alpha value is -1.04. The summed E-state index contributed by atoms with van der Waals surface area (Å²) in [5.74, 6) is 3.47. The Morgan fingerprint density at radius 1 is 0.943 bits per heavy atom. The van der Waals surface area contributed by atoms with Gasteiger partial charge in [0.2, 0.25) is 0 Å². The zero-order valence-electron chi connectivity index (χ0n) is 22.6. The van der Waals surface area contributed by atoms with E-state index in [0.717, 1.165) is 37.9 Å². The van der Waals surface area contributed by atoms with Crippen molar-refractivity contribution >= 4 is 28.8 Å². The van der Waals surface area contributed by atoms with Gasteiger partial charge < -0.3 is 9.47 Å². The average molecular weight is 507 g/mol. The molecule has 0 amide bonds. The van der Waals surface area contributed by atoms with Gasteiger partial charge in [0.05, 0.1) is 0 Å². The van der Waals surface area contributed by atoms with E-state index in [-0.39, 0.29) is 35.0 Å². The van der Waals surface area contributed by atoms with Crippen molar-refractivity contribution in [3.05, 3.63) is 0 Å². The summed E-state index contributed by atoms with van der Waals surface area (Å²) in [6.45, 7) is 12.2. The highest BCUT2D eigenvalue weighted by Gasteiger charge is 2.65. The molecule has 0 aromatic rings. The van der Waals surface area contributed by atoms with Gasteiger partial charge >= 0.3 is 11.9 Å². The minimum atomic E-state index is -0.180. The molecule has 0 unspecified atom stereocenters. The molecule has 198 valence electrons. The molecule has 0 spiro atoms. The maximum absolute atomic E-state index is 12.5. The van der Waals surface area contributed by atoms with Crippen LogP contribution in [0.4, 0.5) is 0 Å². The average Bonchev–Trinajstić information content (AvgIpc) is 3.12. The molecule has 6 heteroatoms. The molecule has 10 atom stereocenters. The lowest BCUT2D eigenvalue weighted by Gasteiger charge is -2.62. The fraction of sp³-hybridized carbons (Fsp3) is 0.897. The molecule has 4 fully saturated rings. The van der Waals surface area contributed by atoms with Crippen LogP contribution >= 0.6 is 11.8 Å². The van der Waals surface area contributed by atoms with Crippen molar-refractivity contribution in [2.24, 2.45) is 46.3 Å². The van der Waals surface area contributed by atoms with Gasteiger partial charge in [0.1, 0.15) is 12.2 Å². The molecule has 0 N–H and O–H groups in total. The van der Waals surface area contributed by atoms with Crippen LogP contribution in [0.25, 0.3) is 0 Å². The predicted octanol–water partition coefficient (Wildman–Crippen LogP) is 6.42. The first kappa shape index (κ1) is 27.0. The summed E-state index contributed by atoms with van der Waals surface area (Å²) in [4.78, 5) is 36.4. The van der Waals surface area contributed by atoms with Crippen LogP contribution in [0.15, 0.2) is 0 Å². The molecule has 0 aromatic heterocycles. The number of esters is 2. The van der Waals surface area contributed by atoms with E-state index in [1.54, 1.807) is 6.92 Å². The molecule has 4 aliphatic rings. The number of hydrogen-bond donors (Lipinski definition) is 0. The fourth-order valence-corrected chi connectivity index (χ4v) is 10.2. The largest absolute Gasteiger partial charge is 0.463 e. The summed E-state index contributed by atoms with van der Waals surface area (Å²) in [6, 6.07) is 0. The van der Waals surface area contributed by atoms with Crippen LogP contribution in [0.3, 0.4) is 0 Å². The normalized spacial score (nSPS) is 43.3. The van der Waals surface area contributed by atoms with E-state index in [1.807, 2.05) is 6.92 Å². The van der Waals surface area contributed by atoms with E-state index >= 15 is 0 Å². The number of carbonyl (C=O) groups is 3. The van der Waals surface area contributed by atoms with Gasteiger partial charge in [0.25, 0.3) is 0 Å². The lowest BCUT2D eigenvalue weighted by atomic mass is 9.43. The first-order valence-corrected chi connectivity index (χ1v) is 15.0. The summed E-state index contributed by atoms with van der Waals surface area (Å²) in [6.07, 6.45) is 9.22. The molecule has 0 radical (unpaired) electrons. The number of rotatable bonds is 6. The van der Waals surface area contributed by atoms with Crippen molar-refractivity contribution in [3.8, 4) is 0 Å². The highest BCUT2D eigenvalue weighted by molar-refractivity contribution is 8.13. The summed E-state index contributed by atoms with van der Waals surface area (Å²) in [7, 11) is 0. The van der Waals surface area contributed by atoms with Gasteiger partial charge in [-0.2, -0.15) is 0 Å². The van der Waals surface area contributed by atoms with Crippen molar-refractivity contribution in [2.75, 3.05) is 5.75 Å². The number of carbonyl (C=O) groups excluding carboxylic acids is 3. The Bertz CT molecular complexity index is 828. The summed E-state index contributed by atoms with van der Waals surface area (Å²) in [5, 5.41) is 0.294. The Morgan fingerprint density at radius 2 is 1.66 bits per heavy atom. The molecule has 5 nitrogen and oxygen atoms in total. The monoisotopic (exact) mass is 506 g/mol. The van der Waals surface area contributed by atoms with Crippen LogP contribution in [0.5, 0.6) is 0 Å². The third kappa shape index (κ3) is 4.94. The predicted molar refractivity (Wildman–Crippen MR) is 139 cm³/mol. The smallest absolute Gasteiger partial charge is 0.302 e. The van der Waals surface area contributed by atoms with Gasteiger partial charge in [-0.1, -0.05) is 39.5 Å². The molecular formula is C29H46O5S.